The molecule has 0 aliphatic rings. The summed E-state index contributed by atoms with van der Waals surface area (Å²) in [4.78, 5) is 13.3. The Bertz CT molecular complexity index is 535. The molecule has 0 aliphatic heterocycles. The maximum Gasteiger partial charge on any atom is 0.198 e. The van der Waals surface area contributed by atoms with Gasteiger partial charge in [0.1, 0.15) is 5.82 Å². The van der Waals surface area contributed by atoms with Gasteiger partial charge in [-0.3, -0.25) is 0 Å². The van der Waals surface area contributed by atoms with Gasteiger partial charge in [-0.05, 0) is 36.4 Å². The molecule has 0 aromatic carbocycles. The number of halogens is 1. The summed E-state index contributed by atoms with van der Waals surface area (Å²) in [6, 6.07) is 0. The lowest BCUT2D eigenvalue weighted by atomic mass is 10.4. The van der Waals surface area contributed by atoms with Crippen molar-refractivity contribution in [2.75, 3.05) is 11.9 Å². The van der Waals surface area contributed by atoms with Gasteiger partial charge in [0.25, 0.3) is 0 Å². The van der Waals surface area contributed by atoms with Gasteiger partial charge in [-0.1, -0.05) is 0 Å². The van der Waals surface area contributed by atoms with Gasteiger partial charge in [-0.2, -0.15) is 0 Å². The summed E-state index contributed by atoms with van der Waals surface area (Å²) in [6.45, 7) is 4.87. The normalized spacial score (nSPS) is 10.6. The van der Waals surface area contributed by atoms with Gasteiger partial charge in [-0.25, -0.2) is 15.0 Å². The lowest BCUT2D eigenvalue weighted by Crippen LogP contribution is -2.07. The van der Waals surface area contributed by atoms with Crippen molar-refractivity contribution >= 4 is 28.4 Å². The zero-order valence-corrected chi connectivity index (χ0v) is 12.2. The molecule has 0 spiro atoms. The summed E-state index contributed by atoms with van der Waals surface area (Å²) in [6.07, 6.45) is 3.64. The zero-order valence-electron chi connectivity index (χ0n) is 10.0. The molecule has 17 heavy (non-hydrogen) atoms. The van der Waals surface area contributed by atoms with Crippen LogP contribution in [-0.2, 0) is 7.05 Å². The van der Waals surface area contributed by atoms with Crippen LogP contribution < -0.4 is 5.32 Å². The quantitative estimate of drug-likeness (QED) is 0.869. The number of anilines is 1. The molecule has 0 atom stereocenters. The van der Waals surface area contributed by atoms with E-state index in [0.29, 0.717) is 5.82 Å². The first kappa shape index (κ1) is 12.3. The van der Waals surface area contributed by atoms with E-state index in [0.717, 1.165) is 27.5 Å². The van der Waals surface area contributed by atoms with Crippen molar-refractivity contribution in [3.63, 3.8) is 0 Å². The van der Waals surface area contributed by atoms with E-state index >= 15 is 0 Å². The fourth-order valence-corrected chi connectivity index (χ4v) is 1.96. The second-order valence-corrected chi connectivity index (χ2v) is 4.77. The molecule has 0 amide bonds. The van der Waals surface area contributed by atoms with Gasteiger partial charge < -0.3 is 9.88 Å². The summed E-state index contributed by atoms with van der Waals surface area (Å²) < 4.78 is 2.97. The van der Waals surface area contributed by atoms with Crippen LogP contribution in [0.4, 0.5) is 5.82 Å². The highest BCUT2D eigenvalue weighted by Gasteiger charge is 2.12. The molecule has 0 unspecified atom stereocenters. The van der Waals surface area contributed by atoms with Gasteiger partial charge in [0.15, 0.2) is 11.6 Å². The Morgan fingerprint density at radius 2 is 2.18 bits per heavy atom. The second kappa shape index (κ2) is 4.99. The van der Waals surface area contributed by atoms with Gasteiger partial charge in [0.05, 0.1) is 9.26 Å². The second-order valence-electron chi connectivity index (χ2n) is 3.69. The standard InChI is InChI=1S/C11H14IN5/c1-4-13-9-8(12)7(2)15-10(16-9)11-14-5-6-17(11)3/h5-6H,4H2,1-3H3,(H,13,15,16). The van der Waals surface area contributed by atoms with E-state index in [4.69, 9.17) is 0 Å². The Morgan fingerprint density at radius 1 is 1.41 bits per heavy atom. The van der Waals surface area contributed by atoms with Crippen LogP contribution in [-0.4, -0.2) is 26.1 Å². The maximum atomic E-state index is 4.51. The molecule has 2 heterocycles. The SMILES string of the molecule is CCNc1nc(-c2nccn2C)nc(C)c1I. The van der Waals surface area contributed by atoms with Gasteiger partial charge in [0.2, 0.25) is 0 Å². The number of aromatic nitrogens is 4. The third kappa shape index (κ3) is 2.41. The minimum absolute atomic E-state index is 0.659. The number of nitrogens with one attached hydrogen (secondary N) is 1. The number of imidazole rings is 1. The van der Waals surface area contributed by atoms with Crippen molar-refractivity contribution in [1.82, 2.24) is 19.5 Å². The fourth-order valence-electron chi connectivity index (χ4n) is 1.52. The molecule has 0 aliphatic carbocycles. The third-order valence-electron chi connectivity index (χ3n) is 2.38. The minimum atomic E-state index is 0.659. The van der Waals surface area contributed by atoms with Crippen LogP contribution in [0, 0.1) is 10.5 Å². The van der Waals surface area contributed by atoms with Crippen molar-refractivity contribution in [2.24, 2.45) is 7.05 Å². The first-order valence-electron chi connectivity index (χ1n) is 5.39. The lowest BCUT2D eigenvalue weighted by molar-refractivity contribution is 0.900. The number of aryl methyl sites for hydroxylation is 2. The van der Waals surface area contributed by atoms with Crippen molar-refractivity contribution in [3.05, 3.63) is 21.7 Å². The molecule has 2 aromatic heterocycles. The van der Waals surface area contributed by atoms with Crippen molar-refractivity contribution in [3.8, 4) is 11.6 Å². The van der Waals surface area contributed by atoms with Crippen LogP contribution in [0.5, 0.6) is 0 Å². The van der Waals surface area contributed by atoms with Crippen LogP contribution >= 0.6 is 22.6 Å². The van der Waals surface area contributed by atoms with E-state index in [1.54, 1.807) is 6.20 Å². The monoisotopic (exact) mass is 343 g/mol. The number of rotatable bonds is 3. The molecule has 5 nitrogen and oxygen atoms in total. The fraction of sp³-hybridized carbons (Fsp3) is 0.364. The van der Waals surface area contributed by atoms with E-state index in [1.165, 1.54) is 0 Å². The van der Waals surface area contributed by atoms with Crippen LogP contribution in [0.2, 0.25) is 0 Å². The number of nitrogens with zero attached hydrogens (tertiary/aromatic N) is 4. The summed E-state index contributed by atoms with van der Waals surface area (Å²) in [7, 11) is 1.94. The molecule has 1 N–H and O–H groups in total. The van der Waals surface area contributed by atoms with Gasteiger partial charge >= 0.3 is 0 Å². The highest BCUT2D eigenvalue weighted by molar-refractivity contribution is 14.1. The molecular formula is C11H14IN5. The molecule has 2 aromatic rings. The molecule has 0 saturated heterocycles. The number of hydrogen-bond donors (Lipinski definition) is 1. The predicted octanol–water partition coefficient (Wildman–Crippen LogP) is 2.22. The van der Waals surface area contributed by atoms with Crippen LogP contribution in [0.15, 0.2) is 12.4 Å². The molecule has 0 radical (unpaired) electrons. The number of hydrogen-bond acceptors (Lipinski definition) is 4. The van der Waals surface area contributed by atoms with Gasteiger partial charge in [0, 0.05) is 26.0 Å². The van der Waals surface area contributed by atoms with Crippen LogP contribution in [0.3, 0.4) is 0 Å². The van der Waals surface area contributed by atoms with Crippen LogP contribution in [0.1, 0.15) is 12.6 Å². The van der Waals surface area contributed by atoms with Crippen molar-refractivity contribution in [2.45, 2.75) is 13.8 Å². The van der Waals surface area contributed by atoms with Gasteiger partial charge in [-0.15, -0.1) is 0 Å². The minimum Gasteiger partial charge on any atom is -0.369 e. The Labute approximate surface area is 114 Å². The maximum absolute atomic E-state index is 4.51. The Kier molecular flexibility index (Phi) is 3.60. The summed E-state index contributed by atoms with van der Waals surface area (Å²) in [5.41, 5.74) is 0.967. The molecule has 0 bridgehead atoms. The zero-order chi connectivity index (χ0) is 12.4. The summed E-state index contributed by atoms with van der Waals surface area (Å²) in [5, 5.41) is 3.24. The first-order chi connectivity index (χ1) is 8.13. The first-order valence-corrected chi connectivity index (χ1v) is 6.47. The summed E-state index contributed by atoms with van der Waals surface area (Å²) >= 11 is 2.26. The predicted molar refractivity (Wildman–Crippen MR) is 75.9 cm³/mol. The van der Waals surface area contributed by atoms with Crippen molar-refractivity contribution in [1.29, 1.82) is 0 Å². The van der Waals surface area contributed by atoms with E-state index in [9.17, 15) is 0 Å². The van der Waals surface area contributed by atoms with Crippen molar-refractivity contribution < 1.29 is 0 Å². The van der Waals surface area contributed by atoms with E-state index in [2.05, 4.69) is 42.9 Å². The van der Waals surface area contributed by atoms with Crippen LogP contribution in [0.25, 0.3) is 11.6 Å². The Hall–Kier alpha value is -1.18. The topological polar surface area (TPSA) is 55.6 Å². The molecular weight excluding hydrogens is 329 g/mol. The Balaban J connectivity index is 2.53. The molecule has 0 fully saturated rings. The largest absolute Gasteiger partial charge is 0.369 e. The average molecular weight is 343 g/mol. The Morgan fingerprint density at radius 3 is 2.76 bits per heavy atom. The third-order valence-corrected chi connectivity index (χ3v) is 3.67. The molecule has 90 valence electrons. The highest BCUT2D eigenvalue weighted by atomic mass is 127. The molecule has 0 saturated carbocycles. The smallest absolute Gasteiger partial charge is 0.198 e. The molecule has 2 rings (SSSR count). The van der Waals surface area contributed by atoms with E-state index in [-0.39, 0.29) is 0 Å². The molecule has 6 heteroatoms. The van der Waals surface area contributed by atoms with E-state index < -0.39 is 0 Å². The summed E-state index contributed by atoms with van der Waals surface area (Å²) in [5.74, 6) is 2.31. The highest BCUT2D eigenvalue weighted by Crippen LogP contribution is 2.22. The average Bonchev–Trinajstić information content (AvgIpc) is 2.71. The lowest BCUT2D eigenvalue weighted by Gasteiger charge is -2.09. The van der Waals surface area contributed by atoms with E-state index in [1.807, 2.05) is 31.7 Å².